The Hall–Kier alpha value is -2.18. The van der Waals surface area contributed by atoms with Gasteiger partial charge in [0.15, 0.2) is 0 Å². The van der Waals surface area contributed by atoms with Gasteiger partial charge in [-0.05, 0) is 26.2 Å². The highest BCUT2D eigenvalue weighted by Gasteiger charge is 2.28. The molecule has 0 radical (unpaired) electrons. The molecular formula is C13H18N6O. The number of aromatic nitrogens is 5. The SMILES string of the molecule is COc1cc(C)nc(N2CCCCC2c2ncn[nH]2)n1. The van der Waals surface area contributed by atoms with E-state index in [1.807, 2.05) is 13.0 Å². The van der Waals surface area contributed by atoms with E-state index in [1.165, 1.54) is 6.42 Å². The number of aromatic amines is 1. The molecule has 0 aromatic carbocycles. The van der Waals surface area contributed by atoms with Crippen molar-refractivity contribution in [3.63, 3.8) is 0 Å². The summed E-state index contributed by atoms with van der Waals surface area (Å²) in [6.07, 6.45) is 4.86. The summed E-state index contributed by atoms with van der Waals surface area (Å²) in [6.45, 7) is 2.86. The van der Waals surface area contributed by atoms with Crippen molar-refractivity contribution in [2.45, 2.75) is 32.2 Å². The van der Waals surface area contributed by atoms with E-state index in [9.17, 15) is 0 Å². The predicted octanol–water partition coefficient (Wildman–Crippen LogP) is 1.64. The van der Waals surface area contributed by atoms with Gasteiger partial charge < -0.3 is 9.64 Å². The molecule has 0 bridgehead atoms. The lowest BCUT2D eigenvalue weighted by Crippen LogP contribution is -2.35. The molecule has 106 valence electrons. The predicted molar refractivity (Wildman–Crippen MR) is 73.6 cm³/mol. The minimum absolute atomic E-state index is 0.151. The van der Waals surface area contributed by atoms with Crippen LogP contribution in [0.2, 0.25) is 0 Å². The topological polar surface area (TPSA) is 79.8 Å². The average Bonchev–Trinajstić information content (AvgIpc) is 3.00. The molecule has 0 aliphatic carbocycles. The van der Waals surface area contributed by atoms with E-state index < -0.39 is 0 Å². The van der Waals surface area contributed by atoms with E-state index in [-0.39, 0.29) is 6.04 Å². The second kappa shape index (κ2) is 5.44. The van der Waals surface area contributed by atoms with Crippen LogP contribution >= 0.6 is 0 Å². The number of H-pyrrole nitrogens is 1. The fraction of sp³-hybridized carbons (Fsp3) is 0.538. The van der Waals surface area contributed by atoms with Crippen LogP contribution in [0.15, 0.2) is 12.4 Å². The highest BCUT2D eigenvalue weighted by molar-refractivity contribution is 5.37. The van der Waals surface area contributed by atoms with E-state index in [0.717, 1.165) is 30.9 Å². The van der Waals surface area contributed by atoms with Crippen molar-refractivity contribution in [1.29, 1.82) is 0 Å². The van der Waals surface area contributed by atoms with Crippen molar-refractivity contribution >= 4 is 5.95 Å². The molecule has 3 rings (SSSR count). The maximum Gasteiger partial charge on any atom is 0.229 e. The Morgan fingerprint density at radius 3 is 3.00 bits per heavy atom. The van der Waals surface area contributed by atoms with Gasteiger partial charge in [0.1, 0.15) is 12.2 Å². The number of methoxy groups -OCH3 is 1. The summed E-state index contributed by atoms with van der Waals surface area (Å²) in [5.41, 5.74) is 0.897. The van der Waals surface area contributed by atoms with Gasteiger partial charge >= 0.3 is 0 Å². The molecule has 7 nitrogen and oxygen atoms in total. The number of aryl methyl sites for hydroxylation is 1. The van der Waals surface area contributed by atoms with Crippen LogP contribution in [0, 0.1) is 6.92 Å². The fourth-order valence-electron chi connectivity index (χ4n) is 2.59. The molecule has 1 unspecified atom stereocenters. The van der Waals surface area contributed by atoms with Gasteiger partial charge in [-0.1, -0.05) is 0 Å². The highest BCUT2D eigenvalue weighted by Crippen LogP contribution is 2.32. The molecule has 20 heavy (non-hydrogen) atoms. The number of rotatable bonds is 3. The molecule has 1 aliphatic rings. The molecule has 3 heterocycles. The van der Waals surface area contributed by atoms with Crippen LogP contribution in [-0.4, -0.2) is 38.8 Å². The normalized spacial score (nSPS) is 19.1. The first-order valence-corrected chi connectivity index (χ1v) is 6.79. The maximum atomic E-state index is 5.24. The molecule has 1 N–H and O–H groups in total. The lowest BCUT2D eigenvalue weighted by atomic mass is 10.0. The summed E-state index contributed by atoms with van der Waals surface area (Å²) in [5.74, 6) is 2.16. The first-order valence-electron chi connectivity index (χ1n) is 6.79. The van der Waals surface area contributed by atoms with Crippen LogP contribution in [0.5, 0.6) is 5.88 Å². The Kier molecular flexibility index (Phi) is 3.49. The molecule has 1 fully saturated rings. The Balaban J connectivity index is 1.95. The Morgan fingerprint density at radius 1 is 1.35 bits per heavy atom. The third-order valence-corrected chi connectivity index (χ3v) is 3.54. The van der Waals surface area contributed by atoms with Crippen molar-refractivity contribution in [2.75, 3.05) is 18.6 Å². The van der Waals surface area contributed by atoms with E-state index in [4.69, 9.17) is 4.74 Å². The quantitative estimate of drug-likeness (QED) is 0.916. The van der Waals surface area contributed by atoms with Gasteiger partial charge in [0.05, 0.1) is 13.2 Å². The monoisotopic (exact) mass is 274 g/mol. The van der Waals surface area contributed by atoms with E-state index in [1.54, 1.807) is 13.4 Å². The van der Waals surface area contributed by atoms with Crippen LogP contribution in [0.1, 0.15) is 36.8 Å². The number of piperidine rings is 1. The molecule has 1 aliphatic heterocycles. The van der Waals surface area contributed by atoms with E-state index >= 15 is 0 Å². The zero-order valence-corrected chi connectivity index (χ0v) is 11.7. The lowest BCUT2D eigenvalue weighted by molar-refractivity contribution is 0.392. The molecular weight excluding hydrogens is 256 g/mol. The van der Waals surface area contributed by atoms with Gasteiger partial charge in [0, 0.05) is 18.3 Å². The van der Waals surface area contributed by atoms with Gasteiger partial charge in [-0.15, -0.1) is 0 Å². The number of nitrogens with zero attached hydrogens (tertiary/aromatic N) is 5. The van der Waals surface area contributed by atoms with Crippen LogP contribution in [0.4, 0.5) is 5.95 Å². The third kappa shape index (κ3) is 2.43. The standard InChI is InChI=1S/C13H18N6O/c1-9-7-11(20-2)17-13(16-9)19-6-4-3-5-10(19)12-14-8-15-18-12/h7-8,10H,3-6H2,1-2H3,(H,14,15,18). The summed E-state index contributed by atoms with van der Waals surface area (Å²) >= 11 is 0. The van der Waals surface area contributed by atoms with E-state index in [2.05, 4.69) is 30.0 Å². The summed E-state index contributed by atoms with van der Waals surface area (Å²) in [7, 11) is 1.62. The molecule has 1 atom stereocenters. The van der Waals surface area contributed by atoms with Crippen molar-refractivity contribution in [3.8, 4) is 5.88 Å². The summed E-state index contributed by atoms with van der Waals surface area (Å²) in [4.78, 5) is 15.5. The highest BCUT2D eigenvalue weighted by atomic mass is 16.5. The summed E-state index contributed by atoms with van der Waals surface area (Å²) in [6, 6.07) is 1.98. The average molecular weight is 274 g/mol. The first kappa shape index (κ1) is 12.8. The van der Waals surface area contributed by atoms with Crippen LogP contribution in [0.25, 0.3) is 0 Å². The molecule has 2 aromatic rings. The smallest absolute Gasteiger partial charge is 0.229 e. The molecule has 1 saturated heterocycles. The number of nitrogens with one attached hydrogen (secondary N) is 1. The maximum absolute atomic E-state index is 5.24. The number of hydrogen-bond donors (Lipinski definition) is 1. The second-order valence-corrected chi connectivity index (χ2v) is 4.93. The molecule has 0 saturated carbocycles. The van der Waals surface area contributed by atoms with Gasteiger partial charge in [-0.2, -0.15) is 10.1 Å². The fourth-order valence-corrected chi connectivity index (χ4v) is 2.59. The zero-order valence-electron chi connectivity index (χ0n) is 11.7. The van der Waals surface area contributed by atoms with Gasteiger partial charge in [-0.3, -0.25) is 5.10 Å². The minimum atomic E-state index is 0.151. The molecule has 0 amide bonds. The second-order valence-electron chi connectivity index (χ2n) is 4.93. The van der Waals surface area contributed by atoms with Crippen LogP contribution in [-0.2, 0) is 0 Å². The van der Waals surface area contributed by atoms with Gasteiger partial charge in [-0.25, -0.2) is 9.97 Å². The zero-order chi connectivity index (χ0) is 13.9. The van der Waals surface area contributed by atoms with E-state index in [0.29, 0.717) is 11.8 Å². The van der Waals surface area contributed by atoms with Crippen LogP contribution in [0.3, 0.4) is 0 Å². The number of anilines is 1. The van der Waals surface area contributed by atoms with Crippen molar-refractivity contribution in [3.05, 3.63) is 23.9 Å². The van der Waals surface area contributed by atoms with Crippen molar-refractivity contribution in [1.82, 2.24) is 25.1 Å². The first-order chi connectivity index (χ1) is 9.78. The van der Waals surface area contributed by atoms with Crippen molar-refractivity contribution < 1.29 is 4.74 Å². The van der Waals surface area contributed by atoms with Crippen molar-refractivity contribution in [2.24, 2.45) is 0 Å². The van der Waals surface area contributed by atoms with Gasteiger partial charge in [0.2, 0.25) is 11.8 Å². The largest absolute Gasteiger partial charge is 0.481 e. The molecule has 2 aromatic heterocycles. The molecule has 7 heteroatoms. The number of ether oxygens (including phenoxy) is 1. The minimum Gasteiger partial charge on any atom is -0.481 e. The molecule has 0 spiro atoms. The van der Waals surface area contributed by atoms with Crippen LogP contribution < -0.4 is 9.64 Å². The summed E-state index contributed by atoms with van der Waals surface area (Å²) < 4.78 is 5.24. The Labute approximate surface area is 117 Å². The third-order valence-electron chi connectivity index (χ3n) is 3.54. The Bertz CT molecular complexity index is 570. The summed E-state index contributed by atoms with van der Waals surface area (Å²) in [5, 5.41) is 6.91. The lowest BCUT2D eigenvalue weighted by Gasteiger charge is -2.34. The number of hydrogen-bond acceptors (Lipinski definition) is 6. The van der Waals surface area contributed by atoms with Gasteiger partial charge in [0.25, 0.3) is 0 Å². The Morgan fingerprint density at radius 2 is 2.25 bits per heavy atom.